The van der Waals surface area contributed by atoms with Gasteiger partial charge in [-0.15, -0.1) is 0 Å². The predicted molar refractivity (Wildman–Crippen MR) is 89.4 cm³/mol. The van der Waals surface area contributed by atoms with Crippen molar-refractivity contribution in [3.8, 4) is 0 Å². The lowest BCUT2D eigenvalue weighted by Crippen LogP contribution is -2.46. The predicted octanol–water partition coefficient (Wildman–Crippen LogP) is 3.63. The topological polar surface area (TPSA) is 50.4 Å². The van der Waals surface area contributed by atoms with Crippen molar-refractivity contribution in [1.29, 1.82) is 0 Å². The van der Waals surface area contributed by atoms with Crippen LogP contribution in [0, 0.1) is 5.82 Å². The SMILES string of the molecule is CC(C)(CNC(=O)NC1CCCOCC1)c1ccc(F)cc1Cl. The van der Waals surface area contributed by atoms with Crippen LogP contribution in [0.3, 0.4) is 0 Å². The minimum atomic E-state index is -0.394. The normalized spacial score (nSPS) is 19.0. The summed E-state index contributed by atoms with van der Waals surface area (Å²) >= 11 is 6.12. The first kappa shape index (κ1) is 18.0. The largest absolute Gasteiger partial charge is 0.381 e. The summed E-state index contributed by atoms with van der Waals surface area (Å²) in [6, 6.07) is 4.30. The summed E-state index contributed by atoms with van der Waals surface area (Å²) in [5.74, 6) is -0.365. The molecule has 4 nitrogen and oxygen atoms in total. The Labute approximate surface area is 141 Å². The van der Waals surface area contributed by atoms with E-state index in [0.29, 0.717) is 18.2 Å². The second-order valence-electron chi connectivity index (χ2n) is 6.58. The Kier molecular flexibility index (Phi) is 6.25. The summed E-state index contributed by atoms with van der Waals surface area (Å²) in [5.41, 5.74) is 0.415. The van der Waals surface area contributed by atoms with Crippen LogP contribution in [0.15, 0.2) is 18.2 Å². The number of carbonyl (C=O) groups excluding carboxylic acids is 1. The maximum atomic E-state index is 13.2. The lowest BCUT2D eigenvalue weighted by atomic mass is 9.84. The van der Waals surface area contributed by atoms with Crippen LogP contribution >= 0.6 is 11.6 Å². The minimum absolute atomic E-state index is 0.148. The Bertz CT molecular complexity index is 543. The molecule has 2 rings (SSSR count). The Hall–Kier alpha value is -1.33. The van der Waals surface area contributed by atoms with Gasteiger partial charge in [-0.2, -0.15) is 0 Å². The molecule has 0 spiro atoms. The third-order valence-corrected chi connectivity index (χ3v) is 4.45. The zero-order valence-corrected chi connectivity index (χ0v) is 14.4. The van der Waals surface area contributed by atoms with Crippen molar-refractivity contribution in [3.05, 3.63) is 34.6 Å². The molecule has 1 saturated heterocycles. The number of nitrogens with one attached hydrogen (secondary N) is 2. The van der Waals surface area contributed by atoms with E-state index in [2.05, 4.69) is 10.6 Å². The zero-order chi connectivity index (χ0) is 16.9. The molecule has 1 heterocycles. The van der Waals surface area contributed by atoms with E-state index in [-0.39, 0.29) is 17.9 Å². The number of carbonyl (C=O) groups is 1. The fourth-order valence-corrected chi connectivity index (χ4v) is 3.14. The second kappa shape index (κ2) is 7.97. The highest BCUT2D eigenvalue weighted by molar-refractivity contribution is 6.31. The number of ether oxygens (including phenoxy) is 1. The summed E-state index contributed by atoms with van der Waals surface area (Å²) < 4.78 is 18.6. The molecule has 1 unspecified atom stereocenters. The molecule has 23 heavy (non-hydrogen) atoms. The van der Waals surface area contributed by atoms with Crippen LogP contribution in [0.4, 0.5) is 9.18 Å². The van der Waals surface area contributed by atoms with Crippen molar-refractivity contribution in [2.24, 2.45) is 0 Å². The van der Waals surface area contributed by atoms with Crippen molar-refractivity contribution >= 4 is 17.6 Å². The van der Waals surface area contributed by atoms with E-state index in [1.807, 2.05) is 13.8 Å². The van der Waals surface area contributed by atoms with Gasteiger partial charge in [-0.3, -0.25) is 0 Å². The molecule has 0 radical (unpaired) electrons. The van der Waals surface area contributed by atoms with Crippen LogP contribution in [-0.4, -0.2) is 31.8 Å². The second-order valence-corrected chi connectivity index (χ2v) is 6.98. The van der Waals surface area contributed by atoms with Crippen molar-refractivity contribution in [2.45, 2.75) is 44.6 Å². The van der Waals surface area contributed by atoms with Gasteiger partial charge >= 0.3 is 6.03 Å². The first-order valence-electron chi connectivity index (χ1n) is 7.96. The Morgan fingerprint density at radius 1 is 1.39 bits per heavy atom. The first-order valence-corrected chi connectivity index (χ1v) is 8.34. The van der Waals surface area contributed by atoms with Gasteiger partial charge in [-0.1, -0.05) is 31.5 Å². The van der Waals surface area contributed by atoms with Gasteiger partial charge in [0.1, 0.15) is 5.82 Å². The molecule has 1 fully saturated rings. The third-order valence-electron chi connectivity index (χ3n) is 4.14. The first-order chi connectivity index (χ1) is 10.9. The molecule has 1 aromatic rings. The molecule has 0 bridgehead atoms. The van der Waals surface area contributed by atoms with Gasteiger partial charge in [0, 0.05) is 36.2 Å². The van der Waals surface area contributed by atoms with Gasteiger partial charge in [0.2, 0.25) is 0 Å². The van der Waals surface area contributed by atoms with Crippen molar-refractivity contribution < 1.29 is 13.9 Å². The summed E-state index contributed by atoms with van der Waals surface area (Å²) in [7, 11) is 0. The minimum Gasteiger partial charge on any atom is -0.381 e. The van der Waals surface area contributed by atoms with Gasteiger partial charge in [0.15, 0.2) is 0 Å². The average molecular weight is 343 g/mol. The molecular formula is C17H24ClFN2O2. The van der Waals surface area contributed by atoms with Crippen LogP contribution in [0.2, 0.25) is 5.02 Å². The number of benzene rings is 1. The van der Waals surface area contributed by atoms with Crippen LogP contribution in [-0.2, 0) is 10.2 Å². The molecule has 6 heteroatoms. The van der Waals surface area contributed by atoms with Gasteiger partial charge in [-0.25, -0.2) is 9.18 Å². The van der Waals surface area contributed by atoms with E-state index >= 15 is 0 Å². The Morgan fingerprint density at radius 2 is 2.17 bits per heavy atom. The van der Waals surface area contributed by atoms with E-state index in [1.54, 1.807) is 6.07 Å². The van der Waals surface area contributed by atoms with Gasteiger partial charge in [0.05, 0.1) is 0 Å². The molecule has 0 aromatic heterocycles. The maximum Gasteiger partial charge on any atom is 0.315 e. The van der Waals surface area contributed by atoms with Crippen LogP contribution in [0.25, 0.3) is 0 Å². The van der Waals surface area contributed by atoms with E-state index in [9.17, 15) is 9.18 Å². The fraction of sp³-hybridized carbons (Fsp3) is 0.588. The number of urea groups is 1. The average Bonchev–Trinajstić information content (AvgIpc) is 2.73. The number of hydrogen-bond donors (Lipinski definition) is 2. The standard InChI is InChI=1S/C17H24ClFN2O2/c1-17(2,14-6-5-12(19)10-15(14)18)11-20-16(22)21-13-4-3-8-23-9-7-13/h5-6,10,13H,3-4,7-9,11H2,1-2H3,(H2,20,21,22). The fourth-order valence-electron chi connectivity index (χ4n) is 2.72. The molecule has 128 valence electrons. The maximum absolute atomic E-state index is 13.2. The number of halogens is 2. The molecule has 0 aliphatic carbocycles. The summed E-state index contributed by atoms with van der Waals surface area (Å²) in [5, 5.41) is 6.24. The lowest BCUT2D eigenvalue weighted by Gasteiger charge is -2.27. The van der Waals surface area contributed by atoms with E-state index in [4.69, 9.17) is 16.3 Å². The van der Waals surface area contributed by atoms with Gasteiger partial charge < -0.3 is 15.4 Å². The highest BCUT2D eigenvalue weighted by Gasteiger charge is 2.25. The van der Waals surface area contributed by atoms with E-state index in [1.165, 1.54) is 12.1 Å². The number of hydrogen-bond acceptors (Lipinski definition) is 2. The summed E-state index contributed by atoms with van der Waals surface area (Å²) in [6.07, 6.45) is 2.73. The highest BCUT2D eigenvalue weighted by atomic mass is 35.5. The van der Waals surface area contributed by atoms with Crippen molar-refractivity contribution in [3.63, 3.8) is 0 Å². The Morgan fingerprint density at radius 3 is 2.91 bits per heavy atom. The summed E-state index contributed by atoms with van der Waals surface area (Å²) in [4.78, 5) is 12.1. The van der Waals surface area contributed by atoms with Crippen LogP contribution < -0.4 is 10.6 Å². The van der Waals surface area contributed by atoms with E-state index < -0.39 is 5.41 Å². The molecule has 1 aromatic carbocycles. The molecular weight excluding hydrogens is 319 g/mol. The monoisotopic (exact) mass is 342 g/mol. The molecule has 2 N–H and O–H groups in total. The van der Waals surface area contributed by atoms with Crippen LogP contribution in [0.5, 0.6) is 0 Å². The van der Waals surface area contributed by atoms with Gasteiger partial charge in [0.25, 0.3) is 0 Å². The molecule has 2 amide bonds. The number of rotatable bonds is 4. The summed E-state index contributed by atoms with van der Waals surface area (Å²) in [6.45, 7) is 5.78. The third kappa shape index (κ3) is 5.36. The van der Waals surface area contributed by atoms with Crippen molar-refractivity contribution in [2.75, 3.05) is 19.8 Å². The molecule has 1 aliphatic rings. The number of amides is 2. The van der Waals surface area contributed by atoms with Crippen LogP contribution in [0.1, 0.15) is 38.7 Å². The van der Waals surface area contributed by atoms with Gasteiger partial charge in [-0.05, 0) is 37.0 Å². The molecule has 1 atom stereocenters. The molecule has 0 saturated carbocycles. The molecule has 1 aliphatic heterocycles. The van der Waals surface area contributed by atoms with E-state index in [0.717, 1.165) is 31.4 Å². The van der Waals surface area contributed by atoms with Crippen molar-refractivity contribution in [1.82, 2.24) is 10.6 Å². The zero-order valence-electron chi connectivity index (χ0n) is 13.6. The Balaban J connectivity index is 1.89. The smallest absolute Gasteiger partial charge is 0.315 e. The highest BCUT2D eigenvalue weighted by Crippen LogP contribution is 2.29. The quantitative estimate of drug-likeness (QED) is 0.878. The lowest BCUT2D eigenvalue weighted by molar-refractivity contribution is 0.142.